The summed E-state index contributed by atoms with van der Waals surface area (Å²) >= 11 is 3.26. The molecule has 2 N–H and O–H groups in total. The molecule has 14 nitrogen and oxygen atoms in total. The van der Waals surface area contributed by atoms with Crippen molar-refractivity contribution in [2.45, 2.75) is 76.7 Å². The van der Waals surface area contributed by atoms with Crippen LogP contribution in [0.5, 0.6) is 5.88 Å². The standard InChI is InChI=1S/C27H20F5N3O2.C16H10BrF5N2.C12H13NO3.CHO3.2Ag/c1-12-14(11-37-21-9-15-8-16-22(13(2)36)23(16)17(15)10-33-21)4-3-5-20(12)35-25-19(7-6-18(28)24(25)29)34-26(35)27(30,31)32;1-8-9(7-17)3-2-4-12(8)24-14-11(6-5-10(18)13(14)19)23-15(24)16(20,21)22;1-2-16-12(15)11-7-3-6-4-9(14)13-5-8(6)10(7)11;2-1-4-3;;/h3-7,9-10,16,22-23H,8,11H2,1-2H3;2-6H,7H2,1H3;4-5,7,10-11H,2-3H2,1H3,(H,13,14);3H;;/q;;;-1;;+1/t16-,22-,23+;;7-,10-,11+;;;/m0.1.../s1. The molecule has 4 heterocycles. The Morgan fingerprint density at radius 2 is 1.27 bits per heavy atom. The van der Waals surface area contributed by atoms with Crippen molar-refractivity contribution in [1.82, 2.24) is 29.1 Å². The zero-order chi connectivity index (χ0) is 58.6. The number of pyridine rings is 2. The Morgan fingerprint density at radius 1 is 0.771 bits per heavy atom. The van der Waals surface area contributed by atoms with Crippen LogP contribution in [0.2, 0.25) is 0 Å². The molecule has 0 bridgehead atoms. The minimum absolute atomic E-state index is 0. The van der Waals surface area contributed by atoms with Crippen molar-refractivity contribution in [3.8, 4) is 17.3 Å². The molecular formula is C56H44Ag2BrF10N6O8. The first-order valence-corrected chi connectivity index (χ1v) is 25.9. The van der Waals surface area contributed by atoms with Crippen molar-refractivity contribution in [1.29, 1.82) is 0 Å². The monoisotopic (exact) mass is 1410 g/mol. The number of imidazole rings is 2. The smallest absolute Gasteiger partial charge is 0.509 e. The van der Waals surface area contributed by atoms with Gasteiger partial charge >= 0.3 is 40.7 Å². The molecule has 12 rings (SSSR count). The van der Waals surface area contributed by atoms with E-state index >= 15 is 0 Å². The number of fused-ring (bicyclic) bond motifs is 8. The first-order valence-electron chi connectivity index (χ1n) is 24.7. The van der Waals surface area contributed by atoms with Gasteiger partial charge in [0.05, 0.1) is 34.9 Å². The molecule has 0 amide bonds. The van der Waals surface area contributed by atoms with E-state index in [1.807, 2.05) is 13.0 Å². The molecule has 4 aromatic heterocycles. The number of nitrogens with one attached hydrogen (secondary N) is 1. The molecule has 445 valence electrons. The van der Waals surface area contributed by atoms with E-state index in [-0.39, 0.29) is 115 Å². The van der Waals surface area contributed by atoms with Gasteiger partial charge in [0.15, 0.2) is 23.3 Å². The van der Waals surface area contributed by atoms with Crippen LogP contribution < -0.4 is 10.3 Å². The summed E-state index contributed by atoms with van der Waals surface area (Å²) in [5.41, 5.74) is 4.93. The van der Waals surface area contributed by atoms with Crippen LogP contribution in [0.4, 0.5) is 43.9 Å². The van der Waals surface area contributed by atoms with Gasteiger partial charge in [0.1, 0.15) is 23.4 Å². The Morgan fingerprint density at radius 3 is 1.76 bits per heavy atom. The van der Waals surface area contributed by atoms with Crippen LogP contribution in [0.1, 0.15) is 81.8 Å². The third kappa shape index (κ3) is 12.5. The third-order valence-corrected chi connectivity index (χ3v) is 15.4. The van der Waals surface area contributed by atoms with Gasteiger partial charge in [-0.1, -0.05) is 40.2 Å². The van der Waals surface area contributed by atoms with Crippen LogP contribution in [0.3, 0.4) is 0 Å². The molecule has 0 unspecified atom stereocenters. The number of Topliss-reactive ketones (excluding diaryl/α,β-unsaturated/α-hetero) is 1. The molecule has 0 saturated heterocycles. The number of rotatable bonds is 10. The summed E-state index contributed by atoms with van der Waals surface area (Å²) in [7, 11) is 0. The molecule has 1 radical (unpaired) electrons. The maximum Gasteiger partial charge on any atom is 1.00 e. The molecule has 0 spiro atoms. The van der Waals surface area contributed by atoms with Crippen molar-refractivity contribution in [3.05, 3.63) is 175 Å². The minimum Gasteiger partial charge on any atom is -0.509 e. The zero-order valence-electron chi connectivity index (χ0n) is 43.4. The second-order valence-electron chi connectivity index (χ2n) is 19.4. The van der Waals surface area contributed by atoms with Crippen molar-refractivity contribution in [2.24, 2.45) is 23.7 Å². The molecule has 27 heteroatoms. The van der Waals surface area contributed by atoms with Gasteiger partial charge in [-0.2, -0.15) is 26.3 Å². The topological polar surface area (TPSA) is 181 Å². The van der Waals surface area contributed by atoms with Crippen LogP contribution in [0, 0.1) is 60.8 Å². The fraction of sp³-hybridized carbons (Fsp3) is 0.304. The van der Waals surface area contributed by atoms with E-state index in [2.05, 4.69) is 40.8 Å². The van der Waals surface area contributed by atoms with E-state index in [9.17, 15) is 58.3 Å². The van der Waals surface area contributed by atoms with Crippen LogP contribution in [-0.2, 0) is 106 Å². The Labute approximate surface area is 504 Å². The second kappa shape index (κ2) is 25.4. The van der Waals surface area contributed by atoms with Crippen molar-refractivity contribution < 1.29 is 123 Å². The summed E-state index contributed by atoms with van der Waals surface area (Å²) in [5.74, 6) is -6.15. The number of hydrogen-bond acceptors (Lipinski definition) is 11. The predicted molar refractivity (Wildman–Crippen MR) is 273 cm³/mol. The van der Waals surface area contributed by atoms with Gasteiger partial charge in [-0.05, 0) is 146 Å². The Kier molecular flexibility index (Phi) is 19.6. The predicted octanol–water partition coefficient (Wildman–Crippen LogP) is 12.0. The average Bonchev–Trinajstić information content (AvgIpc) is 4.06. The number of nitrogens with zero attached hydrogens (tertiary/aromatic N) is 5. The zero-order valence-corrected chi connectivity index (χ0v) is 47.9. The third-order valence-electron chi connectivity index (χ3n) is 14.8. The van der Waals surface area contributed by atoms with E-state index in [1.165, 1.54) is 18.2 Å². The number of carbonyl (C=O) groups is 2. The maximum atomic E-state index is 14.7. The normalized spacial score (nSPS) is 18.4. The van der Waals surface area contributed by atoms with Gasteiger partial charge < -0.3 is 24.1 Å². The first-order chi connectivity index (χ1) is 38.4. The first kappa shape index (κ1) is 64.1. The van der Waals surface area contributed by atoms with Gasteiger partial charge in [0, 0.05) is 64.1 Å². The number of ketones is 1. The molecule has 4 aliphatic carbocycles. The molecule has 4 aromatic carbocycles. The molecule has 83 heavy (non-hydrogen) atoms. The summed E-state index contributed by atoms with van der Waals surface area (Å²) in [5, 5.41) is 7.37. The number of hydrogen-bond donors (Lipinski definition) is 2. The van der Waals surface area contributed by atoms with Gasteiger partial charge in [0.25, 0.3) is 0 Å². The summed E-state index contributed by atoms with van der Waals surface area (Å²) in [6.45, 7) is 7.81. The fourth-order valence-electron chi connectivity index (χ4n) is 11.1. The number of aromatic amines is 1. The Hall–Kier alpha value is -6.45. The molecule has 2 fully saturated rings. The number of benzene rings is 4. The Balaban J connectivity index is 0.000000185. The summed E-state index contributed by atoms with van der Waals surface area (Å²) in [6, 6.07) is 16.3. The minimum atomic E-state index is -4.91. The molecule has 6 atom stereocenters. The maximum absolute atomic E-state index is 14.7. The number of aromatic nitrogens is 6. The summed E-state index contributed by atoms with van der Waals surface area (Å²) in [4.78, 5) is 59.8. The number of H-pyrrole nitrogens is 1. The molecule has 4 aliphatic rings. The molecule has 0 aliphatic heterocycles. The van der Waals surface area contributed by atoms with Gasteiger partial charge in [-0.25, -0.2) is 37.8 Å². The molecule has 2 saturated carbocycles. The van der Waals surface area contributed by atoms with E-state index in [1.54, 1.807) is 57.4 Å². The van der Waals surface area contributed by atoms with E-state index < -0.39 is 58.3 Å². The largest absolute Gasteiger partial charge is 1.00 e. The number of halogens is 11. The number of ether oxygens (including phenoxy) is 2. The average molecular weight is 1410 g/mol. The van der Waals surface area contributed by atoms with Crippen LogP contribution in [0.15, 0.2) is 90.0 Å². The van der Waals surface area contributed by atoms with Crippen LogP contribution >= 0.6 is 15.9 Å². The number of alkyl halides is 7. The molecule has 8 aromatic rings. The number of esters is 1. The van der Waals surface area contributed by atoms with Gasteiger partial charge in [-0.15, -0.1) is 0 Å². The fourth-order valence-corrected chi connectivity index (χ4v) is 11.7. The second-order valence-corrected chi connectivity index (χ2v) is 20.0. The quantitative estimate of drug-likeness (QED) is 0.0253. The van der Waals surface area contributed by atoms with E-state index in [0.29, 0.717) is 55.5 Å². The Bertz CT molecular complexity index is 3860. The summed E-state index contributed by atoms with van der Waals surface area (Å²) in [6.07, 6.45) is -4.62. The van der Waals surface area contributed by atoms with Crippen molar-refractivity contribution in [3.63, 3.8) is 0 Å². The SMILES string of the molecule is CC(=O)[C@H]1[C@@H]2Cc3cc(OCc4cccc(-n5c(C(F)(F)F)nc6ccc(F)c(F)c65)c4C)ncc3[C@@H]21.CCOC(=O)[C@H]1[C@@H]2Cc3cc(=O)[nH]cc3[C@@H]21.Cc1c(CBr)cccc1-n1c(C(F)(F)F)nc2ccc(F)c(F)c21.O=[C-]OO.[Ag+].[Ag]. The number of carbonyl (C=O) groups excluding carboxylic acids is 3. The van der Waals surface area contributed by atoms with Gasteiger partial charge in [0.2, 0.25) is 23.1 Å². The van der Waals surface area contributed by atoms with Gasteiger partial charge in [-0.3, -0.25) is 23.5 Å². The van der Waals surface area contributed by atoms with Crippen LogP contribution in [-0.4, -0.2) is 59.2 Å². The van der Waals surface area contributed by atoms with E-state index in [4.69, 9.17) is 19.5 Å². The van der Waals surface area contributed by atoms with Crippen molar-refractivity contribution in [2.75, 3.05) is 6.61 Å². The van der Waals surface area contributed by atoms with Crippen LogP contribution in [0.25, 0.3) is 33.4 Å². The van der Waals surface area contributed by atoms with E-state index in [0.717, 1.165) is 71.4 Å². The molecular weight excluding hydrogens is 1370 g/mol. The summed E-state index contributed by atoms with van der Waals surface area (Å²) < 4.78 is 150. The van der Waals surface area contributed by atoms with Crippen molar-refractivity contribution >= 4 is 56.2 Å².